The van der Waals surface area contributed by atoms with E-state index in [-0.39, 0.29) is 0 Å². The van der Waals surface area contributed by atoms with Gasteiger partial charge in [-0.25, -0.2) is 0 Å². The van der Waals surface area contributed by atoms with E-state index in [9.17, 15) is 0 Å². The minimum Gasteiger partial charge on any atom is -0.0917 e. The molecule has 0 amide bonds. The van der Waals surface area contributed by atoms with E-state index in [1.807, 2.05) is 0 Å². The molecular weight excluding hydrogens is 288 g/mol. The van der Waals surface area contributed by atoms with Gasteiger partial charge in [0.1, 0.15) is 0 Å². The number of hydrogen-bond donors (Lipinski definition) is 0. The monoisotopic (exact) mass is 324 g/mol. The Morgan fingerprint density at radius 2 is 1.33 bits per heavy atom. The summed E-state index contributed by atoms with van der Waals surface area (Å²) in [6.45, 7) is 4.34. The van der Waals surface area contributed by atoms with Crippen molar-refractivity contribution in [2.45, 2.75) is 78.1 Å². The van der Waals surface area contributed by atoms with Crippen molar-refractivity contribution < 1.29 is 0 Å². The fourth-order valence-electron chi connectivity index (χ4n) is 5.15. The van der Waals surface area contributed by atoms with Crippen molar-refractivity contribution >= 4 is 0 Å². The lowest BCUT2D eigenvalue weighted by Crippen LogP contribution is -2.26. The molecule has 0 saturated heterocycles. The van der Waals surface area contributed by atoms with E-state index < -0.39 is 0 Å². The molecule has 132 valence electrons. The van der Waals surface area contributed by atoms with Crippen LogP contribution in [0.5, 0.6) is 0 Å². The third kappa shape index (κ3) is 4.98. The molecule has 3 rings (SSSR count). The maximum absolute atomic E-state index is 2.38. The fourth-order valence-corrected chi connectivity index (χ4v) is 5.15. The molecule has 2 fully saturated rings. The van der Waals surface area contributed by atoms with Crippen LogP contribution in [0.25, 0.3) is 0 Å². The molecule has 0 aromatic heterocycles. The highest BCUT2D eigenvalue weighted by Crippen LogP contribution is 2.42. The Balaban J connectivity index is 1.40. The Hall–Kier alpha value is -1.04. The predicted molar refractivity (Wildman–Crippen MR) is 105 cm³/mol. The number of aryl methyl sites for hydroxylation is 1. The van der Waals surface area contributed by atoms with Gasteiger partial charge >= 0.3 is 0 Å². The average molecular weight is 325 g/mol. The Morgan fingerprint density at radius 1 is 0.792 bits per heavy atom. The number of benzene rings is 1. The molecule has 2 saturated carbocycles. The van der Waals surface area contributed by atoms with E-state index in [0.717, 1.165) is 23.7 Å². The summed E-state index contributed by atoms with van der Waals surface area (Å²) in [6, 6.07) is 9.22. The highest BCUT2D eigenvalue weighted by atomic mass is 14.4. The summed E-state index contributed by atoms with van der Waals surface area (Å²) in [7, 11) is 0. The van der Waals surface area contributed by atoms with E-state index in [1.54, 1.807) is 5.56 Å². The third-order valence-electron chi connectivity index (χ3n) is 6.80. The molecule has 0 atom stereocenters. The predicted octanol–water partition coefficient (Wildman–Crippen LogP) is 7.12. The van der Waals surface area contributed by atoms with Gasteiger partial charge < -0.3 is 0 Å². The molecule has 1 aromatic rings. The Morgan fingerprint density at radius 3 is 1.88 bits per heavy atom. The van der Waals surface area contributed by atoms with Crippen molar-refractivity contribution in [2.24, 2.45) is 23.7 Å². The van der Waals surface area contributed by atoms with Crippen LogP contribution in [-0.2, 0) is 6.42 Å². The molecule has 0 heteroatoms. The van der Waals surface area contributed by atoms with E-state index in [2.05, 4.69) is 50.3 Å². The SMILES string of the molecule is CC=CCC1CCC(C2CCC(Cc3ccc(C)cc3)CC2)CC1. The van der Waals surface area contributed by atoms with Crippen LogP contribution in [-0.4, -0.2) is 0 Å². The summed E-state index contributed by atoms with van der Waals surface area (Å²) in [4.78, 5) is 0. The van der Waals surface area contributed by atoms with Gasteiger partial charge in [0, 0.05) is 0 Å². The standard InChI is InChI=1S/C24H36/c1-3-4-5-20-10-14-23(15-11-20)24-16-12-22(13-17-24)18-21-8-6-19(2)7-9-21/h3-4,6-9,20,22-24H,5,10-18H2,1-2H3. The molecule has 2 aliphatic carbocycles. The Labute approximate surface area is 149 Å². The van der Waals surface area contributed by atoms with Crippen LogP contribution in [0.3, 0.4) is 0 Å². The van der Waals surface area contributed by atoms with Crippen molar-refractivity contribution in [3.8, 4) is 0 Å². The first-order valence-corrected chi connectivity index (χ1v) is 10.4. The van der Waals surface area contributed by atoms with Crippen LogP contribution in [0.2, 0.25) is 0 Å². The first kappa shape index (κ1) is 17.8. The second kappa shape index (κ2) is 8.88. The minimum atomic E-state index is 0.940. The molecule has 0 radical (unpaired) electrons. The van der Waals surface area contributed by atoms with Gasteiger partial charge in [0.2, 0.25) is 0 Å². The maximum Gasteiger partial charge on any atom is -0.0250 e. The molecule has 0 heterocycles. The average Bonchev–Trinajstić information content (AvgIpc) is 2.63. The summed E-state index contributed by atoms with van der Waals surface area (Å²) in [5.74, 6) is 4.01. The van der Waals surface area contributed by atoms with Crippen LogP contribution < -0.4 is 0 Å². The largest absolute Gasteiger partial charge is 0.0917 e. The van der Waals surface area contributed by atoms with Crippen molar-refractivity contribution in [3.05, 3.63) is 47.5 Å². The molecule has 0 spiro atoms. The number of allylic oxidation sites excluding steroid dienone is 2. The zero-order valence-electron chi connectivity index (χ0n) is 15.8. The minimum absolute atomic E-state index is 0.940. The van der Waals surface area contributed by atoms with Gasteiger partial charge in [-0.2, -0.15) is 0 Å². The van der Waals surface area contributed by atoms with Crippen molar-refractivity contribution in [3.63, 3.8) is 0 Å². The molecule has 1 aromatic carbocycles. The van der Waals surface area contributed by atoms with Gasteiger partial charge in [0.05, 0.1) is 0 Å². The van der Waals surface area contributed by atoms with Crippen LogP contribution in [0.4, 0.5) is 0 Å². The molecule has 0 nitrogen and oxygen atoms in total. The molecule has 0 N–H and O–H groups in total. The highest BCUT2D eigenvalue weighted by molar-refractivity contribution is 5.21. The Kier molecular flexibility index (Phi) is 6.58. The van der Waals surface area contributed by atoms with Crippen LogP contribution in [0.1, 0.15) is 75.8 Å². The zero-order chi connectivity index (χ0) is 16.8. The van der Waals surface area contributed by atoms with Gasteiger partial charge in [0.25, 0.3) is 0 Å². The first-order valence-electron chi connectivity index (χ1n) is 10.4. The van der Waals surface area contributed by atoms with Crippen molar-refractivity contribution in [1.29, 1.82) is 0 Å². The molecule has 24 heavy (non-hydrogen) atoms. The van der Waals surface area contributed by atoms with Gasteiger partial charge in [-0.15, -0.1) is 0 Å². The number of rotatable bonds is 5. The fraction of sp³-hybridized carbons (Fsp3) is 0.667. The smallest absolute Gasteiger partial charge is 0.0250 e. The topological polar surface area (TPSA) is 0 Å². The lowest BCUT2D eigenvalue weighted by atomic mass is 9.68. The quantitative estimate of drug-likeness (QED) is 0.506. The lowest BCUT2D eigenvalue weighted by molar-refractivity contribution is 0.147. The van der Waals surface area contributed by atoms with E-state index in [0.29, 0.717) is 0 Å². The summed E-state index contributed by atoms with van der Waals surface area (Å²) < 4.78 is 0. The maximum atomic E-state index is 2.38. The van der Waals surface area contributed by atoms with Crippen molar-refractivity contribution in [1.82, 2.24) is 0 Å². The van der Waals surface area contributed by atoms with Crippen LogP contribution in [0.15, 0.2) is 36.4 Å². The molecular formula is C24H36. The first-order chi connectivity index (χ1) is 11.7. The van der Waals surface area contributed by atoms with E-state index in [1.165, 1.54) is 69.8 Å². The normalized spacial score (nSPS) is 31.4. The second-order valence-electron chi connectivity index (χ2n) is 8.56. The van der Waals surface area contributed by atoms with E-state index in [4.69, 9.17) is 0 Å². The van der Waals surface area contributed by atoms with Crippen LogP contribution >= 0.6 is 0 Å². The van der Waals surface area contributed by atoms with E-state index >= 15 is 0 Å². The summed E-state index contributed by atoms with van der Waals surface area (Å²) in [5, 5.41) is 0. The molecule has 0 bridgehead atoms. The van der Waals surface area contributed by atoms with Crippen LogP contribution in [0, 0.1) is 30.6 Å². The van der Waals surface area contributed by atoms with Gasteiger partial charge in [-0.05, 0) is 107 Å². The molecule has 0 unspecified atom stereocenters. The van der Waals surface area contributed by atoms with Gasteiger partial charge in [-0.3, -0.25) is 0 Å². The summed E-state index contributed by atoms with van der Waals surface area (Å²) in [6.07, 6.45) is 19.2. The molecule has 0 aliphatic heterocycles. The molecule has 2 aliphatic rings. The van der Waals surface area contributed by atoms with Gasteiger partial charge in [-0.1, -0.05) is 42.0 Å². The van der Waals surface area contributed by atoms with Crippen molar-refractivity contribution in [2.75, 3.05) is 0 Å². The summed E-state index contributed by atoms with van der Waals surface area (Å²) >= 11 is 0. The number of hydrogen-bond acceptors (Lipinski definition) is 0. The second-order valence-corrected chi connectivity index (χ2v) is 8.56. The lowest BCUT2D eigenvalue weighted by Gasteiger charge is -2.37. The highest BCUT2D eigenvalue weighted by Gasteiger charge is 2.30. The zero-order valence-corrected chi connectivity index (χ0v) is 15.8. The Bertz CT molecular complexity index is 493. The third-order valence-corrected chi connectivity index (χ3v) is 6.80. The van der Waals surface area contributed by atoms with Gasteiger partial charge in [0.15, 0.2) is 0 Å². The summed E-state index contributed by atoms with van der Waals surface area (Å²) in [5.41, 5.74) is 2.93.